The molecule has 22 heavy (non-hydrogen) atoms. The van der Waals surface area contributed by atoms with E-state index in [1.54, 1.807) is 0 Å². The van der Waals surface area contributed by atoms with Crippen LogP contribution < -0.4 is 0 Å². The van der Waals surface area contributed by atoms with Crippen molar-refractivity contribution >= 4 is 11.9 Å². The van der Waals surface area contributed by atoms with E-state index < -0.39 is 11.9 Å². The fourth-order valence-corrected chi connectivity index (χ4v) is 0.755. The number of hydrogen-bond acceptors (Lipinski definition) is 5. The van der Waals surface area contributed by atoms with Crippen molar-refractivity contribution < 1.29 is 29.2 Å². The first-order valence-electron chi connectivity index (χ1n) is 7.32. The van der Waals surface area contributed by atoms with Crippen LogP contribution in [0.3, 0.4) is 0 Å². The predicted octanol–water partition coefficient (Wildman–Crippen LogP) is 3.50. The largest absolute Gasteiger partial charge is 0.478 e. The molecular formula is C16H30O6. The Morgan fingerprint density at radius 1 is 0.955 bits per heavy atom. The van der Waals surface area contributed by atoms with Crippen LogP contribution in [0, 0.1) is 0 Å². The molecule has 0 spiro atoms. The van der Waals surface area contributed by atoms with Crippen LogP contribution in [-0.2, 0) is 24.1 Å². The predicted molar refractivity (Wildman–Crippen MR) is 84.3 cm³/mol. The summed E-state index contributed by atoms with van der Waals surface area (Å²) in [5.74, 6) is -1.76. The zero-order valence-electron chi connectivity index (χ0n) is 14.8. The van der Waals surface area contributed by atoms with Crippen molar-refractivity contribution in [1.29, 1.82) is 0 Å². The van der Waals surface area contributed by atoms with Crippen LogP contribution in [-0.4, -0.2) is 34.9 Å². The average Bonchev–Trinajstić information content (AvgIpc) is 2.33. The van der Waals surface area contributed by atoms with Crippen molar-refractivity contribution in [1.82, 2.24) is 0 Å². The van der Waals surface area contributed by atoms with Gasteiger partial charge < -0.3 is 9.84 Å². The highest BCUT2D eigenvalue weighted by Gasteiger charge is 2.18. The fourth-order valence-electron chi connectivity index (χ4n) is 0.755. The Balaban J connectivity index is 0. The summed E-state index contributed by atoms with van der Waals surface area (Å²) in [6.45, 7) is 14.1. The van der Waals surface area contributed by atoms with Gasteiger partial charge in [0.05, 0.1) is 17.8 Å². The van der Waals surface area contributed by atoms with Crippen LogP contribution in [0.2, 0.25) is 0 Å². The number of aliphatic carboxylic acids is 1. The minimum absolute atomic E-state index is 0.215. The number of rotatable bonds is 6. The molecule has 130 valence electrons. The van der Waals surface area contributed by atoms with Gasteiger partial charge in [0.15, 0.2) is 0 Å². The topological polar surface area (TPSA) is 82.1 Å². The van der Waals surface area contributed by atoms with Gasteiger partial charge in [-0.05, 0) is 48.0 Å². The third kappa shape index (κ3) is 23.7. The molecule has 0 aromatic rings. The van der Waals surface area contributed by atoms with Gasteiger partial charge in [-0.3, -0.25) is 0 Å². The number of carboxylic acid groups (broad SMARTS) is 1. The van der Waals surface area contributed by atoms with E-state index >= 15 is 0 Å². The molecule has 0 aromatic heterocycles. The first-order chi connectivity index (χ1) is 9.87. The molecule has 0 radical (unpaired) electrons. The molecule has 0 aliphatic rings. The molecule has 6 nitrogen and oxygen atoms in total. The molecule has 0 unspecified atom stereocenters. The molecule has 0 aliphatic heterocycles. The summed E-state index contributed by atoms with van der Waals surface area (Å²) >= 11 is 0. The molecule has 0 saturated carbocycles. The number of ether oxygens (including phenoxy) is 1. The van der Waals surface area contributed by atoms with Crippen molar-refractivity contribution in [3.63, 3.8) is 0 Å². The van der Waals surface area contributed by atoms with Gasteiger partial charge >= 0.3 is 11.9 Å². The Morgan fingerprint density at radius 2 is 1.41 bits per heavy atom. The van der Waals surface area contributed by atoms with Crippen LogP contribution in [0.5, 0.6) is 0 Å². The molecule has 0 amide bonds. The number of carboxylic acids is 1. The Morgan fingerprint density at radius 3 is 1.73 bits per heavy atom. The summed E-state index contributed by atoms with van der Waals surface area (Å²) in [5, 5.41) is 8.14. The van der Waals surface area contributed by atoms with Gasteiger partial charge in [-0.25, -0.2) is 19.4 Å². The second kappa shape index (κ2) is 11.2. The minimum Gasteiger partial charge on any atom is -0.478 e. The first-order valence-corrected chi connectivity index (χ1v) is 7.32. The van der Waals surface area contributed by atoms with E-state index in [2.05, 4.69) is 4.74 Å². The smallest absolute Gasteiger partial charge is 0.331 e. The molecule has 1 N–H and O–H groups in total. The summed E-state index contributed by atoms with van der Waals surface area (Å²) in [6, 6.07) is 0. The Bertz CT molecular complexity index is 333. The van der Waals surface area contributed by atoms with Gasteiger partial charge in [-0.15, -0.1) is 0 Å². The zero-order chi connectivity index (χ0) is 17.8. The molecule has 0 fully saturated rings. The van der Waals surface area contributed by atoms with Crippen molar-refractivity contribution in [2.24, 2.45) is 0 Å². The lowest BCUT2D eigenvalue weighted by Crippen LogP contribution is -2.27. The van der Waals surface area contributed by atoms with Crippen LogP contribution in [0.4, 0.5) is 0 Å². The van der Waals surface area contributed by atoms with Crippen molar-refractivity contribution in [3.8, 4) is 0 Å². The van der Waals surface area contributed by atoms with Crippen LogP contribution >= 0.6 is 0 Å². The summed E-state index contributed by atoms with van der Waals surface area (Å²) in [5.41, 5.74) is -0.430. The highest BCUT2D eigenvalue weighted by molar-refractivity contribution is 5.90. The second-order valence-corrected chi connectivity index (χ2v) is 6.58. The number of hydrogen-bond donors (Lipinski definition) is 1. The van der Waals surface area contributed by atoms with E-state index in [0.717, 1.165) is 25.0 Å². The molecule has 6 heteroatoms. The van der Waals surface area contributed by atoms with Crippen molar-refractivity contribution in [2.75, 3.05) is 6.61 Å². The van der Waals surface area contributed by atoms with Crippen molar-refractivity contribution in [2.45, 2.75) is 72.5 Å². The van der Waals surface area contributed by atoms with Crippen LogP contribution in [0.25, 0.3) is 0 Å². The average molecular weight is 318 g/mol. The van der Waals surface area contributed by atoms with E-state index in [9.17, 15) is 9.59 Å². The number of carbonyl (C=O) groups is 2. The Hall–Kier alpha value is -1.40. The number of carbonyl (C=O) groups excluding carboxylic acids is 1. The first kappa shape index (κ1) is 22.9. The van der Waals surface area contributed by atoms with E-state index in [1.807, 2.05) is 48.5 Å². The molecule has 0 heterocycles. The van der Waals surface area contributed by atoms with Crippen LogP contribution in [0.1, 0.15) is 61.3 Å². The standard InChI is InChI=1S/C8H12O4.C8H18O2/c1-2-3-6-12-8(11)5-4-7(9)10;1-7(2,3)9-10-8(4,5)6/h4-5H,2-3,6H2,1H3,(H,9,10);1-6H3. The fraction of sp³-hybridized carbons (Fsp3) is 0.750. The third-order valence-corrected chi connectivity index (χ3v) is 1.65. The third-order valence-electron chi connectivity index (χ3n) is 1.65. The maximum Gasteiger partial charge on any atom is 0.331 e. The van der Waals surface area contributed by atoms with Gasteiger partial charge in [-0.1, -0.05) is 13.3 Å². The maximum atomic E-state index is 10.6. The molecule has 0 atom stereocenters. The molecule has 0 aromatic carbocycles. The monoisotopic (exact) mass is 318 g/mol. The lowest BCUT2D eigenvalue weighted by atomic mass is 10.2. The quantitative estimate of drug-likeness (QED) is 0.265. The van der Waals surface area contributed by atoms with Gasteiger partial charge in [0.1, 0.15) is 0 Å². The zero-order valence-corrected chi connectivity index (χ0v) is 14.8. The SMILES string of the molecule is CC(C)(C)OOC(C)(C)C.CCCCOC(=O)C=CC(=O)O. The highest BCUT2D eigenvalue weighted by Crippen LogP contribution is 2.14. The Kier molecular flexibility index (Phi) is 11.7. The summed E-state index contributed by atoms with van der Waals surface area (Å²) in [4.78, 5) is 30.8. The highest BCUT2D eigenvalue weighted by atomic mass is 17.2. The van der Waals surface area contributed by atoms with Crippen molar-refractivity contribution in [3.05, 3.63) is 12.2 Å². The van der Waals surface area contributed by atoms with Gasteiger partial charge in [0.25, 0.3) is 0 Å². The lowest BCUT2D eigenvalue weighted by Gasteiger charge is -2.24. The lowest BCUT2D eigenvalue weighted by molar-refractivity contribution is -0.393. The summed E-state index contributed by atoms with van der Waals surface area (Å²) < 4.78 is 4.64. The van der Waals surface area contributed by atoms with E-state index in [1.165, 1.54) is 0 Å². The van der Waals surface area contributed by atoms with Gasteiger partial charge in [0.2, 0.25) is 0 Å². The van der Waals surface area contributed by atoms with E-state index in [4.69, 9.17) is 14.9 Å². The Labute approximate surface area is 133 Å². The summed E-state index contributed by atoms with van der Waals surface area (Å²) in [7, 11) is 0. The molecule has 0 saturated heterocycles. The summed E-state index contributed by atoms with van der Waals surface area (Å²) in [6.07, 6.45) is 3.40. The normalized spacial score (nSPS) is 11.8. The van der Waals surface area contributed by atoms with Gasteiger partial charge in [0, 0.05) is 12.2 Å². The van der Waals surface area contributed by atoms with E-state index in [0.29, 0.717) is 6.61 Å². The molecule has 0 bridgehead atoms. The minimum atomic E-state index is -1.15. The number of unbranched alkanes of at least 4 members (excludes halogenated alkanes) is 1. The van der Waals surface area contributed by atoms with Crippen LogP contribution in [0.15, 0.2) is 12.2 Å². The van der Waals surface area contributed by atoms with Gasteiger partial charge in [-0.2, -0.15) is 0 Å². The second-order valence-electron chi connectivity index (χ2n) is 6.58. The maximum absolute atomic E-state index is 10.6. The number of esters is 1. The molecular weight excluding hydrogens is 288 g/mol. The molecule has 0 rings (SSSR count). The molecule has 0 aliphatic carbocycles. The van der Waals surface area contributed by atoms with E-state index in [-0.39, 0.29) is 11.2 Å².